The van der Waals surface area contributed by atoms with Gasteiger partial charge in [-0.1, -0.05) is 43.7 Å². The molecule has 0 fully saturated rings. The lowest BCUT2D eigenvalue weighted by molar-refractivity contribution is -0.137. The molecule has 0 spiro atoms. The van der Waals surface area contributed by atoms with Crippen molar-refractivity contribution in [1.82, 2.24) is 10.6 Å². The molecule has 9 heteroatoms. The van der Waals surface area contributed by atoms with E-state index in [1.54, 1.807) is 19.1 Å². The van der Waals surface area contributed by atoms with Crippen molar-refractivity contribution in [2.75, 3.05) is 25.5 Å². The Bertz CT molecular complexity index is 1230. The first kappa shape index (κ1) is 31.2. The quantitative estimate of drug-likeness (QED) is 0.147. The van der Waals surface area contributed by atoms with Crippen molar-refractivity contribution in [2.45, 2.75) is 39.8 Å². The SMILES string of the molecule is C\C=C/C(CNCCCC)=N\C=C\c1ccc(N/C=C(/C(=O)NC)C(C)=Nc2ccccc2)cc1C(F)(F)F. The highest BCUT2D eigenvalue weighted by Crippen LogP contribution is 2.34. The molecular formula is C30H36F3N5O. The Kier molecular flexibility index (Phi) is 12.9. The molecule has 6 nitrogen and oxygen atoms in total. The minimum atomic E-state index is -4.59. The molecule has 0 aromatic heterocycles. The first-order valence-electron chi connectivity index (χ1n) is 12.8. The number of unbranched alkanes of at least 4 members (excludes halogenated alkanes) is 1. The van der Waals surface area contributed by atoms with E-state index in [0.29, 0.717) is 17.9 Å². The standard InChI is InChI=1S/C30H36F3N5O/c1-5-7-17-35-20-26(11-6-2)36-18-16-23-14-15-25(19-28(23)30(31,32)33)37-21-27(29(39)34-4)22(3)38-24-12-9-8-10-13-24/h6,8-16,18-19,21,35,37H,5,7,17,20H2,1-4H3,(H,34,39)/b11-6-,18-16+,27-21+,36-26+,38-22?. The number of alkyl halides is 3. The second kappa shape index (κ2) is 16.1. The molecule has 0 saturated heterocycles. The fourth-order valence-corrected chi connectivity index (χ4v) is 3.49. The first-order valence-corrected chi connectivity index (χ1v) is 12.8. The summed E-state index contributed by atoms with van der Waals surface area (Å²) in [5.41, 5.74) is 1.30. The fourth-order valence-electron chi connectivity index (χ4n) is 3.49. The summed E-state index contributed by atoms with van der Waals surface area (Å²) < 4.78 is 41.7. The second-order valence-electron chi connectivity index (χ2n) is 8.58. The minimum Gasteiger partial charge on any atom is -0.361 e. The molecule has 0 bridgehead atoms. The van der Waals surface area contributed by atoms with Crippen molar-refractivity contribution < 1.29 is 18.0 Å². The van der Waals surface area contributed by atoms with Crippen LogP contribution in [0.1, 0.15) is 44.7 Å². The van der Waals surface area contributed by atoms with E-state index in [1.807, 2.05) is 37.3 Å². The summed E-state index contributed by atoms with van der Waals surface area (Å²) in [6.45, 7) is 6.99. The highest BCUT2D eigenvalue weighted by atomic mass is 19.4. The fraction of sp³-hybridized carbons (Fsp3) is 0.300. The Labute approximate surface area is 228 Å². The summed E-state index contributed by atoms with van der Waals surface area (Å²) in [5.74, 6) is -0.422. The van der Waals surface area contributed by atoms with Crippen molar-refractivity contribution >= 4 is 34.8 Å². The average Bonchev–Trinajstić information content (AvgIpc) is 2.91. The minimum absolute atomic E-state index is 0.0205. The molecule has 0 radical (unpaired) electrons. The van der Waals surface area contributed by atoms with Crippen LogP contribution in [-0.4, -0.2) is 37.5 Å². The number of amides is 1. The molecule has 39 heavy (non-hydrogen) atoms. The molecular weight excluding hydrogens is 503 g/mol. The molecule has 2 aromatic rings. The Morgan fingerprint density at radius 3 is 2.49 bits per heavy atom. The second-order valence-corrected chi connectivity index (χ2v) is 8.58. The van der Waals surface area contributed by atoms with Gasteiger partial charge in [0, 0.05) is 31.7 Å². The topological polar surface area (TPSA) is 77.9 Å². The number of nitrogens with one attached hydrogen (secondary N) is 3. The van der Waals surface area contributed by atoms with Crippen LogP contribution in [0.4, 0.5) is 24.5 Å². The molecule has 0 heterocycles. The zero-order valence-electron chi connectivity index (χ0n) is 22.8. The Morgan fingerprint density at radius 2 is 1.85 bits per heavy atom. The van der Waals surface area contributed by atoms with E-state index in [2.05, 4.69) is 32.9 Å². The maximum atomic E-state index is 13.9. The molecule has 0 unspecified atom stereocenters. The number of halogens is 3. The molecule has 0 atom stereocenters. The molecule has 0 aliphatic heterocycles. The number of allylic oxidation sites excluding steroid dienone is 1. The number of carbonyl (C=O) groups is 1. The summed E-state index contributed by atoms with van der Waals surface area (Å²) in [6.07, 6.45) is 5.23. The van der Waals surface area contributed by atoms with E-state index >= 15 is 0 Å². The molecule has 3 N–H and O–H groups in total. The Hall–Kier alpha value is -3.98. The van der Waals surface area contributed by atoms with Crippen LogP contribution in [0.2, 0.25) is 0 Å². The first-order chi connectivity index (χ1) is 18.7. The van der Waals surface area contributed by atoms with Gasteiger partial charge in [-0.05, 0) is 68.8 Å². The zero-order chi connectivity index (χ0) is 28.7. The molecule has 0 saturated carbocycles. The molecule has 2 rings (SSSR count). The van der Waals surface area contributed by atoms with Gasteiger partial charge in [0.2, 0.25) is 0 Å². The number of carbonyl (C=O) groups excluding carboxylic acids is 1. The van der Waals surface area contributed by atoms with Gasteiger partial charge in [-0.3, -0.25) is 14.8 Å². The van der Waals surface area contributed by atoms with E-state index in [1.165, 1.54) is 37.7 Å². The van der Waals surface area contributed by atoms with Crippen LogP contribution in [0.3, 0.4) is 0 Å². The summed E-state index contributed by atoms with van der Waals surface area (Å²) in [6, 6.07) is 12.9. The predicted molar refractivity (Wildman–Crippen MR) is 155 cm³/mol. The van der Waals surface area contributed by atoms with Crippen LogP contribution in [0.25, 0.3) is 6.08 Å². The molecule has 208 valence electrons. The molecule has 0 aliphatic carbocycles. The van der Waals surface area contributed by atoms with Crippen LogP contribution in [0.15, 0.2) is 88.6 Å². The number of aliphatic imine (C=N–C) groups is 2. The van der Waals surface area contributed by atoms with Gasteiger partial charge in [-0.2, -0.15) is 13.2 Å². The third-order valence-corrected chi connectivity index (χ3v) is 5.52. The molecule has 2 aromatic carbocycles. The lowest BCUT2D eigenvalue weighted by Crippen LogP contribution is -2.24. The van der Waals surface area contributed by atoms with Crippen molar-refractivity contribution in [3.8, 4) is 0 Å². The Morgan fingerprint density at radius 1 is 1.10 bits per heavy atom. The smallest absolute Gasteiger partial charge is 0.361 e. The van der Waals surface area contributed by atoms with Crippen molar-refractivity contribution in [3.05, 3.63) is 89.8 Å². The van der Waals surface area contributed by atoms with Crippen LogP contribution < -0.4 is 16.0 Å². The number of para-hydroxylation sites is 1. The van der Waals surface area contributed by atoms with Gasteiger partial charge in [0.1, 0.15) is 0 Å². The van der Waals surface area contributed by atoms with Gasteiger partial charge in [0.05, 0.1) is 28.2 Å². The van der Waals surface area contributed by atoms with Crippen LogP contribution in [0.5, 0.6) is 0 Å². The summed E-state index contributed by atoms with van der Waals surface area (Å²) in [5, 5.41) is 8.63. The summed E-state index contributed by atoms with van der Waals surface area (Å²) in [4.78, 5) is 21.2. The monoisotopic (exact) mass is 539 g/mol. The third kappa shape index (κ3) is 10.7. The van der Waals surface area contributed by atoms with E-state index in [0.717, 1.165) is 31.2 Å². The number of nitrogens with zero attached hydrogens (tertiary/aromatic N) is 2. The van der Waals surface area contributed by atoms with Crippen molar-refractivity contribution in [2.24, 2.45) is 9.98 Å². The maximum Gasteiger partial charge on any atom is 0.417 e. The normalized spacial score (nSPS) is 13.4. The molecule has 1 amide bonds. The largest absolute Gasteiger partial charge is 0.417 e. The highest BCUT2D eigenvalue weighted by Gasteiger charge is 2.33. The summed E-state index contributed by atoms with van der Waals surface area (Å²) in [7, 11) is 1.47. The molecule has 0 aliphatic rings. The number of benzene rings is 2. The van der Waals surface area contributed by atoms with Gasteiger partial charge in [0.25, 0.3) is 5.91 Å². The van der Waals surface area contributed by atoms with E-state index < -0.39 is 17.6 Å². The van der Waals surface area contributed by atoms with Gasteiger partial charge in [-0.15, -0.1) is 0 Å². The number of anilines is 1. The van der Waals surface area contributed by atoms with Crippen LogP contribution >= 0.6 is 0 Å². The van der Waals surface area contributed by atoms with Gasteiger partial charge >= 0.3 is 6.18 Å². The number of hydrogen-bond acceptors (Lipinski definition) is 5. The Balaban J connectivity index is 2.32. The van der Waals surface area contributed by atoms with Crippen molar-refractivity contribution in [1.29, 1.82) is 0 Å². The number of likely N-dealkylation sites (N-methyl/N-ethyl adjacent to an activating group) is 1. The maximum absolute atomic E-state index is 13.9. The number of rotatable bonds is 13. The van der Waals surface area contributed by atoms with Crippen LogP contribution in [-0.2, 0) is 11.0 Å². The van der Waals surface area contributed by atoms with Gasteiger partial charge in [0.15, 0.2) is 0 Å². The van der Waals surface area contributed by atoms with E-state index in [9.17, 15) is 18.0 Å². The van der Waals surface area contributed by atoms with E-state index in [4.69, 9.17) is 0 Å². The zero-order valence-corrected chi connectivity index (χ0v) is 22.8. The number of hydrogen-bond donors (Lipinski definition) is 3. The lowest BCUT2D eigenvalue weighted by atomic mass is 10.1. The van der Waals surface area contributed by atoms with Crippen LogP contribution in [0, 0.1) is 0 Å². The average molecular weight is 540 g/mol. The summed E-state index contributed by atoms with van der Waals surface area (Å²) >= 11 is 0. The van der Waals surface area contributed by atoms with Gasteiger partial charge < -0.3 is 16.0 Å². The van der Waals surface area contributed by atoms with E-state index in [-0.39, 0.29) is 16.8 Å². The predicted octanol–water partition coefficient (Wildman–Crippen LogP) is 6.92. The van der Waals surface area contributed by atoms with Crippen molar-refractivity contribution in [3.63, 3.8) is 0 Å². The highest BCUT2D eigenvalue weighted by molar-refractivity contribution is 6.21. The third-order valence-electron chi connectivity index (χ3n) is 5.52. The van der Waals surface area contributed by atoms with Gasteiger partial charge in [-0.25, -0.2) is 0 Å². The lowest BCUT2D eigenvalue weighted by Gasteiger charge is -2.13.